The number of rotatable bonds is 7. The van der Waals surface area contributed by atoms with Crippen molar-refractivity contribution in [2.75, 3.05) is 12.0 Å². The van der Waals surface area contributed by atoms with Gasteiger partial charge in [0.25, 0.3) is 5.69 Å². The van der Waals surface area contributed by atoms with E-state index in [-0.39, 0.29) is 10.6 Å². The second-order valence-corrected chi connectivity index (χ2v) is 6.38. The molecule has 2 rings (SSSR count). The molecular formula is C15H16N4O5S. The molecule has 132 valence electrons. The Balaban J connectivity index is 2.28. The first-order valence-electron chi connectivity index (χ1n) is 7.15. The summed E-state index contributed by atoms with van der Waals surface area (Å²) in [5.74, 6) is 0.620. The first-order chi connectivity index (χ1) is 11.8. The molecule has 10 heteroatoms. The number of nitro groups is 1. The van der Waals surface area contributed by atoms with E-state index >= 15 is 0 Å². The Labute approximate surface area is 144 Å². The van der Waals surface area contributed by atoms with Gasteiger partial charge >= 0.3 is 0 Å². The minimum absolute atomic E-state index is 0.0301. The number of para-hydroxylation sites is 1. The van der Waals surface area contributed by atoms with Crippen molar-refractivity contribution in [3.8, 4) is 5.75 Å². The van der Waals surface area contributed by atoms with Gasteiger partial charge in [-0.3, -0.25) is 15.5 Å². The molecule has 0 saturated heterocycles. The number of nitrogens with zero attached hydrogens (tertiary/aromatic N) is 2. The molecule has 0 aliphatic carbocycles. The van der Waals surface area contributed by atoms with E-state index in [1.807, 2.05) is 13.0 Å². The molecule has 0 heterocycles. The number of nitro benzene ring substituents is 1. The Bertz CT molecular complexity index is 912. The van der Waals surface area contributed by atoms with Crippen molar-refractivity contribution in [3.05, 3.63) is 58.1 Å². The SMILES string of the molecule is CCOc1ccccc1/C=N/Nc1ccc(S(N)(=O)=O)cc1[N+](=O)[O-]. The predicted octanol–water partition coefficient (Wildman–Crippen LogP) is 2.09. The molecule has 2 aromatic rings. The van der Waals surface area contributed by atoms with Crippen molar-refractivity contribution in [3.63, 3.8) is 0 Å². The van der Waals surface area contributed by atoms with Gasteiger partial charge in [0.05, 0.1) is 22.6 Å². The van der Waals surface area contributed by atoms with E-state index in [0.29, 0.717) is 17.9 Å². The van der Waals surface area contributed by atoms with Gasteiger partial charge in [0, 0.05) is 11.6 Å². The average molecular weight is 364 g/mol. The first-order valence-corrected chi connectivity index (χ1v) is 8.69. The van der Waals surface area contributed by atoms with Crippen LogP contribution in [0.3, 0.4) is 0 Å². The summed E-state index contributed by atoms with van der Waals surface area (Å²) in [5.41, 5.74) is 2.78. The van der Waals surface area contributed by atoms with Gasteiger partial charge < -0.3 is 4.74 Å². The second-order valence-electron chi connectivity index (χ2n) is 4.82. The summed E-state index contributed by atoms with van der Waals surface area (Å²) < 4.78 is 28.1. The molecule has 0 bridgehead atoms. The number of nitrogens with one attached hydrogen (secondary N) is 1. The molecule has 0 atom stereocenters. The van der Waals surface area contributed by atoms with E-state index < -0.39 is 20.6 Å². The Kier molecular flexibility index (Phi) is 5.67. The highest BCUT2D eigenvalue weighted by Gasteiger charge is 2.18. The van der Waals surface area contributed by atoms with E-state index in [0.717, 1.165) is 12.1 Å². The number of anilines is 1. The molecule has 0 aliphatic rings. The molecule has 2 aromatic carbocycles. The molecule has 0 amide bonds. The van der Waals surface area contributed by atoms with Crippen molar-refractivity contribution in [2.24, 2.45) is 10.2 Å². The average Bonchev–Trinajstić information content (AvgIpc) is 2.55. The van der Waals surface area contributed by atoms with Crippen LogP contribution in [0.2, 0.25) is 0 Å². The summed E-state index contributed by atoms with van der Waals surface area (Å²) in [6.07, 6.45) is 1.45. The van der Waals surface area contributed by atoms with Crippen molar-refractivity contribution in [1.82, 2.24) is 0 Å². The van der Waals surface area contributed by atoms with Crippen LogP contribution in [0.1, 0.15) is 12.5 Å². The Morgan fingerprint density at radius 2 is 2.04 bits per heavy atom. The third kappa shape index (κ3) is 4.75. The highest BCUT2D eigenvalue weighted by Crippen LogP contribution is 2.27. The Morgan fingerprint density at radius 1 is 1.32 bits per heavy atom. The van der Waals surface area contributed by atoms with Gasteiger partial charge in [-0.05, 0) is 31.2 Å². The van der Waals surface area contributed by atoms with E-state index in [1.54, 1.807) is 18.2 Å². The summed E-state index contributed by atoms with van der Waals surface area (Å²) >= 11 is 0. The van der Waals surface area contributed by atoms with Gasteiger partial charge in [0.1, 0.15) is 11.4 Å². The number of hydrogen-bond acceptors (Lipinski definition) is 7. The predicted molar refractivity (Wildman–Crippen MR) is 93.3 cm³/mol. The number of sulfonamides is 1. The fourth-order valence-electron chi connectivity index (χ4n) is 1.98. The van der Waals surface area contributed by atoms with Gasteiger partial charge in [-0.25, -0.2) is 13.6 Å². The van der Waals surface area contributed by atoms with Crippen LogP contribution in [0.5, 0.6) is 5.75 Å². The van der Waals surface area contributed by atoms with Crippen molar-refractivity contribution in [1.29, 1.82) is 0 Å². The van der Waals surface area contributed by atoms with Crippen LogP contribution in [0.25, 0.3) is 0 Å². The number of hydrazone groups is 1. The summed E-state index contributed by atoms with van der Waals surface area (Å²) in [6.45, 7) is 2.33. The first kappa shape index (κ1) is 18.4. The van der Waals surface area contributed by atoms with Gasteiger partial charge in [-0.15, -0.1) is 0 Å². The van der Waals surface area contributed by atoms with Crippen molar-refractivity contribution < 1.29 is 18.1 Å². The van der Waals surface area contributed by atoms with Crippen LogP contribution in [-0.4, -0.2) is 26.2 Å². The maximum absolute atomic E-state index is 11.3. The van der Waals surface area contributed by atoms with Crippen LogP contribution in [0.4, 0.5) is 11.4 Å². The number of benzene rings is 2. The van der Waals surface area contributed by atoms with E-state index in [9.17, 15) is 18.5 Å². The van der Waals surface area contributed by atoms with Crippen LogP contribution in [-0.2, 0) is 10.0 Å². The zero-order valence-corrected chi connectivity index (χ0v) is 14.1. The van der Waals surface area contributed by atoms with Crippen LogP contribution in [0, 0.1) is 10.1 Å². The maximum atomic E-state index is 11.3. The monoisotopic (exact) mass is 364 g/mol. The summed E-state index contributed by atoms with van der Waals surface area (Å²) in [5, 5.41) is 20.1. The zero-order chi connectivity index (χ0) is 18.4. The highest BCUT2D eigenvalue weighted by atomic mass is 32.2. The van der Waals surface area contributed by atoms with Crippen LogP contribution >= 0.6 is 0 Å². The molecular weight excluding hydrogens is 348 g/mol. The van der Waals surface area contributed by atoms with Crippen molar-refractivity contribution >= 4 is 27.6 Å². The second kappa shape index (κ2) is 7.73. The molecule has 0 radical (unpaired) electrons. The largest absolute Gasteiger partial charge is 0.493 e. The molecule has 0 aliphatic heterocycles. The van der Waals surface area contributed by atoms with E-state index in [4.69, 9.17) is 9.88 Å². The number of primary sulfonamides is 1. The standard InChI is InChI=1S/C15H16N4O5S/c1-2-24-15-6-4-3-5-11(15)10-17-18-13-8-7-12(25(16,22)23)9-14(13)19(20)21/h3-10,18H,2H2,1H3,(H2,16,22,23)/b17-10+. The lowest BCUT2D eigenvalue weighted by Gasteiger charge is -2.06. The molecule has 0 saturated carbocycles. The third-order valence-electron chi connectivity index (χ3n) is 3.10. The lowest BCUT2D eigenvalue weighted by atomic mass is 10.2. The summed E-state index contributed by atoms with van der Waals surface area (Å²) in [7, 11) is -4.04. The summed E-state index contributed by atoms with van der Waals surface area (Å²) in [4.78, 5) is 10.1. The number of hydrogen-bond donors (Lipinski definition) is 2. The Morgan fingerprint density at radius 3 is 2.68 bits per heavy atom. The lowest BCUT2D eigenvalue weighted by molar-refractivity contribution is -0.384. The fourth-order valence-corrected chi connectivity index (χ4v) is 2.51. The topological polar surface area (TPSA) is 137 Å². The molecule has 3 N–H and O–H groups in total. The minimum atomic E-state index is -4.04. The van der Waals surface area contributed by atoms with E-state index in [1.165, 1.54) is 12.3 Å². The zero-order valence-electron chi connectivity index (χ0n) is 13.2. The number of ether oxygens (including phenoxy) is 1. The molecule has 0 unspecified atom stereocenters. The molecule has 0 aromatic heterocycles. The van der Waals surface area contributed by atoms with Gasteiger partial charge in [-0.2, -0.15) is 5.10 Å². The van der Waals surface area contributed by atoms with Crippen LogP contribution < -0.4 is 15.3 Å². The minimum Gasteiger partial charge on any atom is -0.493 e. The summed E-state index contributed by atoms with van der Waals surface area (Å²) in [6, 6.07) is 10.4. The third-order valence-corrected chi connectivity index (χ3v) is 4.01. The Hall–Kier alpha value is -2.98. The van der Waals surface area contributed by atoms with Gasteiger partial charge in [0.2, 0.25) is 10.0 Å². The molecule has 0 fully saturated rings. The molecule has 25 heavy (non-hydrogen) atoms. The smallest absolute Gasteiger partial charge is 0.295 e. The number of nitrogens with two attached hydrogens (primary N) is 1. The molecule has 0 spiro atoms. The van der Waals surface area contributed by atoms with Crippen LogP contribution in [0.15, 0.2) is 52.5 Å². The maximum Gasteiger partial charge on any atom is 0.295 e. The lowest BCUT2D eigenvalue weighted by Crippen LogP contribution is -2.12. The van der Waals surface area contributed by atoms with E-state index in [2.05, 4.69) is 10.5 Å². The normalized spacial score (nSPS) is 11.4. The van der Waals surface area contributed by atoms with Gasteiger partial charge in [0.15, 0.2) is 0 Å². The van der Waals surface area contributed by atoms with Gasteiger partial charge in [-0.1, -0.05) is 12.1 Å². The quantitative estimate of drug-likeness (QED) is 0.438. The highest BCUT2D eigenvalue weighted by molar-refractivity contribution is 7.89. The fraction of sp³-hybridized carbons (Fsp3) is 0.133. The molecule has 9 nitrogen and oxygen atoms in total. The van der Waals surface area contributed by atoms with Crippen molar-refractivity contribution in [2.45, 2.75) is 11.8 Å².